The van der Waals surface area contributed by atoms with Crippen LogP contribution in [0.1, 0.15) is 11.1 Å². The predicted molar refractivity (Wildman–Crippen MR) is 137 cm³/mol. The van der Waals surface area contributed by atoms with Gasteiger partial charge in [-0.2, -0.15) is 5.26 Å². The van der Waals surface area contributed by atoms with E-state index < -0.39 is 11.8 Å². The lowest BCUT2D eigenvalue weighted by molar-refractivity contribution is -0.118. The Morgan fingerprint density at radius 3 is 2.40 bits per heavy atom. The molecule has 0 heterocycles. The molecular weight excluding hydrogens is 489 g/mol. The summed E-state index contributed by atoms with van der Waals surface area (Å²) in [6.45, 7) is 1.58. The zero-order chi connectivity index (χ0) is 25.4. The van der Waals surface area contributed by atoms with Gasteiger partial charge in [-0.25, -0.2) is 0 Å². The number of hydrogen-bond acceptors (Lipinski definition) is 5. The second kappa shape index (κ2) is 11.9. The summed E-state index contributed by atoms with van der Waals surface area (Å²) in [6, 6.07) is 18.9. The molecule has 0 unspecified atom stereocenters. The Hall–Kier alpha value is -3.99. The van der Waals surface area contributed by atoms with E-state index in [4.69, 9.17) is 32.7 Å². The van der Waals surface area contributed by atoms with Gasteiger partial charge in [-0.05, 0) is 55.0 Å². The van der Waals surface area contributed by atoms with Crippen LogP contribution in [-0.4, -0.2) is 25.5 Å². The lowest BCUT2D eigenvalue weighted by atomic mass is 10.1. The number of carbonyl (C=O) groups is 2. The van der Waals surface area contributed by atoms with Gasteiger partial charge >= 0.3 is 0 Å². The van der Waals surface area contributed by atoms with Gasteiger partial charge in [0.15, 0.2) is 18.1 Å². The first-order valence-electron chi connectivity index (χ1n) is 10.3. The summed E-state index contributed by atoms with van der Waals surface area (Å²) in [5.41, 5.74) is 2.38. The fraction of sp³-hybridized carbons (Fsp3) is 0.115. The third kappa shape index (κ3) is 7.00. The number of nitrogens with zero attached hydrogens (tertiary/aromatic N) is 1. The summed E-state index contributed by atoms with van der Waals surface area (Å²) < 4.78 is 10.9. The molecule has 178 valence electrons. The van der Waals surface area contributed by atoms with Crippen molar-refractivity contribution in [2.75, 3.05) is 24.4 Å². The molecule has 7 nitrogen and oxygen atoms in total. The smallest absolute Gasteiger partial charge is 0.266 e. The topological polar surface area (TPSA) is 100 Å². The number of aryl methyl sites for hydroxylation is 1. The minimum Gasteiger partial charge on any atom is -0.493 e. The summed E-state index contributed by atoms with van der Waals surface area (Å²) >= 11 is 12.4. The number of para-hydroxylation sites is 1. The number of amides is 2. The highest BCUT2D eigenvalue weighted by Crippen LogP contribution is 2.37. The Bertz CT molecular complexity index is 1320. The average molecular weight is 510 g/mol. The molecule has 3 aromatic carbocycles. The first-order chi connectivity index (χ1) is 16.8. The number of nitrogens with one attached hydrogen (secondary N) is 2. The lowest BCUT2D eigenvalue weighted by Crippen LogP contribution is -2.20. The maximum atomic E-state index is 12.5. The fourth-order valence-electron chi connectivity index (χ4n) is 3.00. The van der Waals surface area contributed by atoms with Gasteiger partial charge < -0.3 is 20.1 Å². The molecule has 0 aliphatic heterocycles. The number of rotatable bonds is 8. The van der Waals surface area contributed by atoms with Crippen LogP contribution in [0, 0.1) is 18.3 Å². The number of benzene rings is 3. The van der Waals surface area contributed by atoms with Crippen LogP contribution >= 0.6 is 23.2 Å². The minimum absolute atomic E-state index is 0.128. The number of hydrogen-bond donors (Lipinski definition) is 2. The van der Waals surface area contributed by atoms with Gasteiger partial charge in [0.05, 0.1) is 22.8 Å². The van der Waals surface area contributed by atoms with E-state index in [2.05, 4.69) is 10.6 Å². The van der Waals surface area contributed by atoms with Crippen LogP contribution in [0.4, 0.5) is 11.4 Å². The molecule has 0 saturated carbocycles. The number of nitriles is 1. The van der Waals surface area contributed by atoms with Crippen LogP contribution in [0.15, 0.2) is 66.2 Å². The first-order valence-corrected chi connectivity index (χ1v) is 11.1. The van der Waals surface area contributed by atoms with Crippen molar-refractivity contribution in [3.8, 4) is 17.6 Å². The second-order valence-corrected chi connectivity index (χ2v) is 8.16. The molecule has 0 aliphatic carbocycles. The Kier molecular flexibility index (Phi) is 8.74. The standard InChI is InChI=1S/C26H21Cl2N3O4/c1-16-7-9-19(10-8-16)30-26(33)18(14-29)11-17-12-21(28)25(23(13-17)34-2)35-15-24(32)31-22-6-4-3-5-20(22)27/h3-13H,15H2,1-2H3,(H,30,33)(H,31,32)/b18-11-. The molecule has 0 radical (unpaired) electrons. The number of halogens is 2. The highest BCUT2D eigenvalue weighted by atomic mass is 35.5. The van der Waals surface area contributed by atoms with Crippen LogP contribution < -0.4 is 20.1 Å². The van der Waals surface area contributed by atoms with Crippen LogP contribution in [0.25, 0.3) is 6.08 Å². The third-order valence-electron chi connectivity index (χ3n) is 4.73. The molecule has 0 bridgehead atoms. The van der Waals surface area contributed by atoms with Crippen molar-refractivity contribution < 1.29 is 19.1 Å². The van der Waals surface area contributed by atoms with Gasteiger partial charge in [0.2, 0.25) is 0 Å². The van der Waals surface area contributed by atoms with Gasteiger partial charge in [0, 0.05) is 5.69 Å². The molecule has 3 rings (SSSR count). The van der Waals surface area contributed by atoms with Gasteiger partial charge in [-0.15, -0.1) is 0 Å². The van der Waals surface area contributed by atoms with E-state index in [0.717, 1.165) is 5.56 Å². The highest BCUT2D eigenvalue weighted by molar-refractivity contribution is 6.33. The summed E-state index contributed by atoms with van der Waals surface area (Å²) in [6.07, 6.45) is 1.38. The van der Waals surface area contributed by atoms with Crippen molar-refractivity contribution in [2.24, 2.45) is 0 Å². The molecule has 2 amide bonds. The van der Waals surface area contributed by atoms with Crippen LogP contribution in [-0.2, 0) is 9.59 Å². The minimum atomic E-state index is -0.567. The monoisotopic (exact) mass is 509 g/mol. The van der Waals surface area contributed by atoms with Crippen molar-refractivity contribution in [3.05, 3.63) is 87.4 Å². The van der Waals surface area contributed by atoms with Crippen LogP contribution in [0.3, 0.4) is 0 Å². The molecule has 0 spiro atoms. The summed E-state index contributed by atoms with van der Waals surface area (Å²) in [4.78, 5) is 24.8. The third-order valence-corrected chi connectivity index (χ3v) is 5.34. The van der Waals surface area contributed by atoms with Gasteiger partial charge in [0.25, 0.3) is 11.8 Å². The van der Waals surface area contributed by atoms with Gasteiger partial charge in [-0.1, -0.05) is 53.0 Å². The lowest BCUT2D eigenvalue weighted by Gasteiger charge is -2.14. The van der Waals surface area contributed by atoms with Crippen molar-refractivity contribution in [2.45, 2.75) is 6.92 Å². The molecule has 2 N–H and O–H groups in total. The van der Waals surface area contributed by atoms with Gasteiger partial charge in [0.1, 0.15) is 11.6 Å². The maximum Gasteiger partial charge on any atom is 0.266 e. The zero-order valence-electron chi connectivity index (χ0n) is 18.9. The normalized spacial score (nSPS) is 10.8. The number of carbonyl (C=O) groups excluding carboxylic acids is 2. The van der Waals surface area contributed by atoms with E-state index in [9.17, 15) is 14.9 Å². The summed E-state index contributed by atoms with van der Waals surface area (Å²) in [5.74, 6) is -0.642. The van der Waals surface area contributed by atoms with Gasteiger partial charge in [-0.3, -0.25) is 9.59 Å². The van der Waals surface area contributed by atoms with E-state index in [1.807, 2.05) is 25.1 Å². The summed E-state index contributed by atoms with van der Waals surface area (Å²) in [7, 11) is 1.41. The molecule has 0 aliphatic rings. The SMILES string of the molecule is COc1cc(/C=C(/C#N)C(=O)Nc2ccc(C)cc2)cc(Cl)c1OCC(=O)Nc1ccccc1Cl. The molecule has 0 aromatic heterocycles. The second-order valence-electron chi connectivity index (χ2n) is 7.34. The Balaban J connectivity index is 1.74. The van der Waals surface area contributed by atoms with E-state index >= 15 is 0 Å². The molecule has 35 heavy (non-hydrogen) atoms. The fourth-order valence-corrected chi connectivity index (χ4v) is 3.46. The van der Waals surface area contributed by atoms with Crippen LogP contribution in [0.5, 0.6) is 11.5 Å². The zero-order valence-corrected chi connectivity index (χ0v) is 20.4. The largest absolute Gasteiger partial charge is 0.493 e. The Morgan fingerprint density at radius 2 is 1.74 bits per heavy atom. The number of methoxy groups -OCH3 is 1. The van der Waals surface area contributed by atoms with Crippen molar-refractivity contribution in [3.63, 3.8) is 0 Å². The van der Waals surface area contributed by atoms with E-state index in [1.165, 1.54) is 19.3 Å². The quantitative estimate of drug-likeness (QED) is 0.292. The average Bonchev–Trinajstić information content (AvgIpc) is 2.84. The predicted octanol–water partition coefficient (Wildman–Crippen LogP) is 5.87. The molecule has 0 atom stereocenters. The van der Waals surface area contributed by atoms with Crippen molar-refractivity contribution in [1.82, 2.24) is 0 Å². The van der Waals surface area contributed by atoms with E-state index in [-0.39, 0.29) is 28.7 Å². The maximum absolute atomic E-state index is 12.5. The Morgan fingerprint density at radius 1 is 1.03 bits per heavy atom. The molecule has 0 fully saturated rings. The number of anilines is 2. The summed E-state index contributed by atoms with van der Waals surface area (Å²) in [5, 5.41) is 15.4. The van der Waals surface area contributed by atoms with E-state index in [1.54, 1.807) is 42.5 Å². The molecule has 0 saturated heterocycles. The van der Waals surface area contributed by atoms with E-state index in [0.29, 0.717) is 22.0 Å². The molecule has 3 aromatic rings. The Labute approximate surface area is 212 Å². The highest BCUT2D eigenvalue weighted by Gasteiger charge is 2.16. The first kappa shape index (κ1) is 25.6. The van der Waals surface area contributed by atoms with Crippen molar-refractivity contribution >= 4 is 52.5 Å². The number of ether oxygens (including phenoxy) is 2. The van der Waals surface area contributed by atoms with Crippen LogP contribution in [0.2, 0.25) is 10.0 Å². The van der Waals surface area contributed by atoms with Crippen molar-refractivity contribution in [1.29, 1.82) is 5.26 Å². The molecular formula is C26H21Cl2N3O4. The molecule has 9 heteroatoms.